The SMILES string of the molecule is Clc1ncc(Br)c(N2CCN(C3CC3)CC2)n1. The molecule has 1 aliphatic carbocycles. The molecule has 1 aromatic heterocycles. The Morgan fingerprint density at radius 2 is 1.94 bits per heavy atom. The van der Waals surface area contributed by atoms with Crippen LogP contribution in [0.2, 0.25) is 5.28 Å². The van der Waals surface area contributed by atoms with Gasteiger partial charge in [0.2, 0.25) is 5.28 Å². The lowest BCUT2D eigenvalue weighted by atomic mass is 10.3. The van der Waals surface area contributed by atoms with Crippen LogP contribution < -0.4 is 4.90 Å². The van der Waals surface area contributed by atoms with E-state index in [1.807, 2.05) is 0 Å². The van der Waals surface area contributed by atoms with Crippen molar-refractivity contribution in [3.8, 4) is 0 Å². The Bertz CT molecular complexity index is 416. The molecule has 4 nitrogen and oxygen atoms in total. The van der Waals surface area contributed by atoms with E-state index in [0.717, 1.165) is 42.5 Å². The fourth-order valence-electron chi connectivity index (χ4n) is 2.30. The van der Waals surface area contributed by atoms with Crippen LogP contribution in [0.5, 0.6) is 0 Å². The molecule has 1 saturated carbocycles. The van der Waals surface area contributed by atoms with Crippen LogP contribution in [0.4, 0.5) is 5.82 Å². The molecule has 3 rings (SSSR count). The number of aromatic nitrogens is 2. The summed E-state index contributed by atoms with van der Waals surface area (Å²) in [7, 11) is 0. The maximum atomic E-state index is 5.85. The highest BCUT2D eigenvalue weighted by molar-refractivity contribution is 9.10. The van der Waals surface area contributed by atoms with Crippen LogP contribution in [0.1, 0.15) is 12.8 Å². The third kappa shape index (κ3) is 2.56. The molecule has 17 heavy (non-hydrogen) atoms. The van der Waals surface area contributed by atoms with Crippen molar-refractivity contribution in [2.24, 2.45) is 0 Å². The van der Waals surface area contributed by atoms with Crippen molar-refractivity contribution in [2.75, 3.05) is 31.1 Å². The predicted molar refractivity (Wildman–Crippen MR) is 71.6 cm³/mol. The first kappa shape index (κ1) is 11.7. The molecular weight excluding hydrogens is 304 g/mol. The highest BCUT2D eigenvalue weighted by Gasteiger charge is 2.31. The second-order valence-corrected chi connectivity index (χ2v) is 5.76. The van der Waals surface area contributed by atoms with Crippen molar-refractivity contribution in [3.63, 3.8) is 0 Å². The van der Waals surface area contributed by atoms with Gasteiger partial charge in [0.25, 0.3) is 0 Å². The number of hydrogen-bond acceptors (Lipinski definition) is 4. The molecule has 0 unspecified atom stereocenters. The third-order valence-electron chi connectivity index (χ3n) is 3.37. The number of halogens is 2. The second kappa shape index (κ2) is 4.71. The summed E-state index contributed by atoms with van der Waals surface area (Å²) in [5, 5.41) is 0.313. The molecule has 0 aromatic carbocycles. The molecule has 0 radical (unpaired) electrons. The van der Waals surface area contributed by atoms with Crippen LogP contribution in [0.3, 0.4) is 0 Å². The maximum Gasteiger partial charge on any atom is 0.224 e. The van der Waals surface area contributed by atoms with Gasteiger partial charge in [-0.3, -0.25) is 4.90 Å². The summed E-state index contributed by atoms with van der Waals surface area (Å²) in [6.45, 7) is 4.28. The predicted octanol–water partition coefficient (Wildman–Crippen LogP) is 2.18. The van der Waals surface area contributed by atoms with Crippen LogP contribution in [-0.2, 0) is 0 Å². The van der Waals surface area contributed by atoms with Gasteiger partial charge < -0.3 is 4.90 Å². The van der Waals surface area contributed by atoms with E-state index in [1.165, 1.54) is 12.8 Å². The van der Waals surface area contributed by atoms with Crippen LogP contribution in [0.25, 0.3) is 0 Å². The fourth-order valence-corrected chi connectivity index (χ4v) is 2.87. The molecular formula is C11H14BrClN4. The highest BCUT2D eigenvalue weighted by Crippen LogP contribution is 2.30. The maximum absolute atomic E-state index is 5.85. The summed E-state index contributed by atoms with van der Waals surface area (Å²) < 4.78 is 0.918. The summed E-state index contributed by atoms with van der Waals surface area (Å²) in [4.78, 5) is 13.1. The Balaban J connectivity index is 1.70. The number of nitrogens with zero attached hydrogens (tertiary/aromatic N) is 4. The molecule has 0 spiro atoms. The molecule has 2 aliphatic rings. The quantitative estimate of drug-likeness (QED) is 0.783. The first-order chi connectivity index (χ1) is 8.24. The third-order valence-corrected chi connectivity index (χ3v) is 4.11. The van der Waals surface area contributed by atoms with Gasteiger partial charge in [-0.1, -0.05) is 0 Å². The van der Waals surface area contributed by atoms with Crippen molar-refractivity contribution in [3.05, 3.63) is 16.0 Å². The van der Waals surface area contributed by atoms with Crippen LogP contribution in [0.15, 0.2) is 10.7 Å². The Morgan fingerprint density at radius 1 is 1.24 bits per heavy atom. The number of piperazine rings is 1. The van der Waals surface area contributed by atoms with Gasteiger partial charge in [-0.15, -0.1) is 0 Å². The van der Waals surface area contributed by atoms with Gasteiger partial charge >= 0.3 is 0 Å². The van der Waals surface area contributed by atoms with Crippen molar-refractivity contribution in [1.82, 2.24) is 14.9 Å². The summed E-state index contributed by atoms with van der Waals surface area (Å²) in [6, 6.07) is 0.856. The van der Waals surface area contributed by atoms with Gasteiger partial charge in [0, 0.05) is 38.4 Å². The Morgan fingerprint density at radius 3 is 2.59 bits per heavy atom. The van der Waals surface area contributed by atoms with E-state index in [0.29, 0.717) is 5.28 Å². The van der Waals surface area contributed by atoms with Gasteiger partial charge in [0.1, 0.15) is 5.82 Å². The van der Waals surface area contributed by atoms with E-state index < -0.39 is 0 Å². The molecule has 6 heteroatoms. The summed E-state index contributed by atoms with van der Waals surface area (Å²) in [6.07, 6.45) is 4.48. The van der Waals surface area contributed by atoms with E-state index in [-0.39, 0.29) is 0 Å². The van der Waals surface area contributed by atoms with E-state index >= 15 is 0 Å². The number of rotatable bonds is 2. The van der Waals surface area contributed by atoms with Crippen molar-refractivity contribution in [2.45, 2.75) is 18.9 Å². The zero-order valence-electron chi connectivity index (χ0n) is 9.44. The monoisotopic (exact) mass is 316 g/mol. The van der Waals surface area contributed by atoms with Gasteiger partial charge in [-0.25, -0.2) is 4.98 Å². The summed E-state index contributed by atoms with van der Waals surface area (Å²) in [5.41, 5.74) is 0. The van der Waals surface area contributed by atoms with Gasteiger partial charge in [0.05, 0.1) is 4.47 Å². The Labute approximate surface area is 114 Å². The lowest BCUT2D eigenvalue weighted by Gasteiger charge is -2.35. The van der Waals surface area contributed by atoms with Crippen LogP contribution in [-0.4, -0.2) is 47.1 Å². The summed E-state index contributed by atoms with van der Waals surface area (Å²) in [5.74, 6) is 0.917. The largest absolute Gasteiger partial charge is 0.353 e. The standard InChI is InChI=1S/C11H14BrClN4/c12-9-7-14-11(13)15-10(9)17-5-3-16(4-6-17)8-1-2-8/h7-8H,1-6H2. The molecule has 0 bridgehead atoms. The molecule has 0 atom stereocenters. The topological polar surface area (TPSA) is 32.3 Å². The molecule has 2 heterocycles. The highest BCUT2D eigenvalue weighted by atomic mass is 79.9. The van der Waals surface area contributed by atoms with Crippen LogP contribution in [0, 0.1) is 0 Å². The molecule has 2 fully saturated rings. The Hall–Kier alpha value is -0.390. The molecule has 1 saturated heterocycles. The minimum Gasteiger partial charge on any atom is -0.353 e. The van der Waals surface area contributed by atoms with Gasteiger partial charge in [-0.2, -0.15) is 4.98 Å². The molecule has 0 amide bonds. The van der Waals surface area contributed by atoms with E-state index in [1.54, 1.807) is 6.20 Å². The zero-order chi connectivity index (χ0) is 11.8. The Kier molecular flexibility index (Phi) is 3.23. The lowest BCUT2D eigenvalue weighted by molar-refractivity contribution is 0.247. The number of anilines is 1. The molecule has 1 aliphatic heterocycles. The second-order valence-electron chi connectivity index (χ2n) is 4.56. The molecule has 0 N–H and O–H groups in total. The normalized spacial score (nSPS) is 21.9. The molecule has 1 aromatic rings. The average molecular weight is 318 g/mol. The minimum absolute atomic E-state index is 0.313. The van der Waals surface area contributed by atoms with E-state index in [9.17, 15) is 0 Å². The van der Waals surface area contributed by atoms with Crippen molar-refractivity contribution < 1.29 is 0 Å². The first-order valence-corrected chi connectivity index (χ1v) is 7.08. The van der Waals surface area contributed by atoms with Crippen LogP contribution >= 0.6 is 27.5 Å². The van der Waals surface area contributed by atoms with E-state index in [2.05, 4.69) is 35.7 Å². The van der Waals surface area contributed by atoms with Gasteiger partial charge in [-0.05, 0) is 40.4 Å². The molecule has 92 valence electrons. The summed E-state index contributed by atoms with van der Waals surface area (Å²) >= 11 is 9.33. The smallest absolute Gasteiger partial charge is 0.224 e. The minimum atomic E-state index is 0.313. The number of hydrogen-bond donors (Lipinski definition) is 0. The lowest BCUT2D eigenvalue weighted by Crippen LogP contribution is -2.47. The van der Waals surface area contributed by atoms with Crippen molar-refractivity contribution in [1.29, 1.82) is 0 Å². The van der Waals surface area contributed by atoms with Gasteiger partial charge in [0.15, 0.2) is 0 Å². The average Bonchev–Trinajstić information content (AvgIpc) is 3.17. The first-order valence-electron chi connectivity index (χ1n) is 5.91. The fraction of sp³-hybridized carbons (Fsp3) is 0.636. The zero-order valence-corrected chi connectivity index (χ0v) is 11.8. The van der Waals surface area contributed by atoms with E-state index in [4.69, 9.17) is 11.6 Å². The van der Waals surface area contributed by atoms with Crippen molar-refractivity contribution >= 4 is 33.3 Å².